The molecule has 1 aromatic heterocycles. The fraction of sp³-hybridized carbons (Fsp3) is 0. The molecule has 98 valence electrons. The SMILES string of the molecule is O=C(Nc1cc(Cl)ccc1Cl)Nc1ncccc1Br. The van der Waals surface area contributed by atoms with E-state index in [9.17, 15) is 4.79 Å². The summed E-state index contributed by atoms with van der Waals surface area (Å²) in [6.45, 7) is 0. The molecule has 0 radical (unpaired) electrons. The van der Waals surface area contributed by atoms with Crippen molar-refractivity contribution in [1.29, 1.82) is 0 Å². The van der Waals surface area contributed by atoms with Crippen LogP contribution in [-0.2, 0) is 0 Å². The number of benzene rings is 1. The third kappa shape index (κ3) is 3.83. The molecule has 0 bridgehead atoms. The highest BCUT2D eigenvalue weighted by atomic mass is 79.9. The van der Waals surface area contributed by atoms with Gasteiger partial charge in [-0.15, -0.1) is 0 Å². The predicted molar refractivity (Wildman–Crippen MR) is 81.0 cm³/mol. The van der Waals surface area contributed by atoms with E-state index in [-0.39, 0.29) is 0 Å². The Morgan fingerprint density at radius 2 is 2.00 bits per heavy atom. The number of carbonyl (C=O) groups excluding carboxylic acids is 1. The van der Waals surface area contributed by atoms with Crippen LogP contribution in [-0.4, -0.2) is 11.0 Å². The second-order valence-electron chi connectivity index (χ2n) is 3.54. The predicted octanol–water partition coefficient (Wildman–Crippen LogP) is 4.79. The Morgan fingerprint density at radius 3 is 2.74 bits per heavy atom. The second-order valence-corrected chi connectivity index (χ2v) is 5.24. The molecule has 0 aliphatic heterocycles. The van der Waals surface area contributed by atoms with Crippen molar-refractivity contribution < 1.29 is 4.79 Å². The maximum absolute atomic E-state index is 11.8. The number of hydrogen-bond acceptors (Lipinski definition) is 2. The molecule has 0 saturated heterocycles. The van der Waals surface area contributed by atoms with Crippen LogP contribution in [0.15, 0.2) is 41.0 Å². The lowest BCUT2D eigenvalue weighted by atomic mass is 10.3. The van der Waals surface area contributed by atoms with Crippen LogP contribution in [0.25, 0.3) is 0 Å². The fourth-order valence-electron chi connectivity index (χ4n) is 1.33. The van der Waals surface area contributed by atoms with E-state index in [2.05, 4.69) is 31.5 Å². The topological polar surface area (TPSA) is 54.0 Å². The Kier molecular flexibility index (Phi) is 4.63. The van der Waals surface area contributed by atoms with Crippen LogP contribution >= 0.6 is 39.1 Å². The third-order valence-corrected chi connectivity index (χ3v) is 3.37. The quantitative estimate of drug-likeness (QED) is 0.808. The van der Waals surface area contributed by atoms with Gasteiger partial charge in [-0.1, -0.05) is 23.2 Å². The molecular formula is C12H8BrCl2N3O. The first kappa shape index (κ1) is 14.1. The molecule has 1 aromatic carbocycles. The van der Waals surface area contributed by atoms with E-state index >= 15 is 0 Å². The molecule has 0 spiro atoms. The summed E-state index contributed by atoms with van der Waals surface area (Å²) in [6.07, 6.45) is 1.58. The van der Waals surface area contributed by atoms with Crippen molar-refractivity contribution in [3.8, 4) is 0 Å². The van der Waals surface area contributed by atoms with Gasteiger partial charge in [0.25, 0.3) is 0 Å². The molecule has 7 heteroatoms. The van der Waals surface area contributed by atoms with E-state index in [4.69, 9.17) is 23.2 Å². The van der Waals surface area contributed by atoms with Gasteiger partial charge < -0.3 is 5.32 Å². The van der Waals surface area contributed by atoms with Crippen molar-refractivity contribution in [2.24, 2.45) is 0 Å². The van der Waals surface area contributed by atoms with Crippen LogP contribution in [0.3, 0.4) is 0 Å². The van der Waals surface area contributed by atoms with Gasteiger partial charge in [-0.3, -0.25) is 5.32 Å². The number of anilines is 2. The third-order valence-electron chi connectivity index (χ3n) is 2.17. The molecule has 2 aromatic rings. The summed E-state index contributed by atoms with van der Waals surface area (Å²) in [5.41, 5.74) is 0.429. The summed E-state index contributed by atoms with van der Waals surface area (Å²) >= 11 is 15.1. The van der Waals surface area contributed by atoms with Crippen molar-refractivity contribution >= 4 is 56.7 Å². The zero-order chi connectivity index (χ0) is 13.8. The van der Waals surface area contributed by atoms with Gasteiger partial charge in [-0.05, 0) is 46.3 Å². The van der Waals surface area contributed by atoms with Gasteiger partial charge in [0.1, 0.15) is 5.82 Å². The lowest BCUT2D eigenvalue weighted by molar-refractivity contribution is 0.262. The molecule has 4 nitrogen and oxygen atoms in total. The molecule has 2 N–H and O–H groups in total. The Morgan fingerprint density at radius 1 is 1.21 bits per heavy atom. The number of pyridine rings is 1. The van der Waals surface area contributed by atoms with Crippen LogP contribution in [0, 0.1) is 0 Å². The number of carbonyl (C=O) groups is 1. The number of amides is 2. The number of aromatic nitrogens is 1. The van der Waals surface area contributed by atoms with E-state index in [1.165, 1.54) is 0 Å². The highest BCUT2D eigenvalue weighted by Crippen LogP contribution is 2.26. The zero-order valence-electron chi connectivity index (χ0n) is 9.45. The normalized spacial score (nSPS) is 10.1. The van der Waals surface area contributed by atoms with Gasteiger partial charge in [0.15, 0.2) is 0 Å². The number of halogens is 3. The van der Waals surface area contributed by atoms with Gasteiger partial charge in [-0.25, -0.2) is 9.78 Å². The minimum absolute atomic E-state index is 0.402. The standard InChI is InChI=1S/C12H8BrCl2N3O/c13-8-2-1-5-16-11(8)18-12(19)17-10-6-7(14)3-4-9(10)15/h1-6H,(H2,16,17,18,19). The molecule has 1 heterocycles. The number of urea groups is 1. The van der Waals surface area contributed by atoms with Crippen molar-refractivity contribution in [2.75, 3.05) is 10.6 Å². The maximum Gasteiger partial charge on any atom is 0.324 e. The van der Waals surface area contributed by atoms with Gasteiger partial charge in [-0.2, -0.15) is 0 Å². The van der Waals surface area contributed by atoms with Crippen LogP contribution in [0.5, 0.6) is 0 Å². The van der Waals surface area contributed by atoms with Gasteiger partial charge in [0, 0.05) is 11.2 Å². The highest BCUT2D eigenvalue weighted by molar-refractivity contribution is 9.10. The van der Waals surface area contributed by atoms with Crippen LogP contribution in [0.2, 0.25) is 10.0 Å². The summed E-state index contributed by atoms with van der Waals surface area (Å²) in [5, 5.41) is 6.08. The van der Waals surface area contributed by atoms with Gasteiger partial charge in [0.2, 0.25) is 0 Å². The van der Waals surface area contributed by atoms with Gasteiger partial charge in [0.05, 0.1) is 15.2 Å². The average Bonchev–Trinajstić information content (AvgIpc) is 2.37. The second kappa shape index (κ2) is 6.23. The average molecular weight is 361 g/mol. The number of nitrogens with one attached hydrogen (secondary N) is 2. The molecule has 0 unspecified atom stereocenters. The smallest absolute Gasteiger partial charge is 0.306 e. The Bertz CT molecular complexity index is 622. The van der Waals surface area contributed by atoms with Crippen LogP contribution < -0.4 is 10.6 Å². The summed E-state index contributed by atoms with van der Waals surface area (Å²) in [4.78, 5) is 15.8. The summed E-state index contributed by atoms with van der Waals surface area (Å²) in [7, 11) is 0. The molecule has 2 rings (SSSR count). The number of rotatable bonds is 2. The Labute approximate surface area is 128 Å². The minimum Gasteiger partial charge on any atom is -0.306 e. The molecule has 0 aliphatic carbocycles. The largest absolute Gasteiger partial charge is 0.324 e. The number of nitrogens with zero attached hydrogens (tertiary/aromatic N) is 1. The van der Waals surface area contributed by atoms with E-state index in [1.54, 1.807) is 36.5 Å². The first-order valence-corrected chi connectivity index (χ1v) is 6.75. The monoisotopic (exact) mass is 359 g/mol. The molecule has 19 heavy (non-hydrogen) atoms. The molecule has 0 aliphatic rings. The van der Waals surface area contributed by atoms with Gasteiger partial charge >= 0.3 is 6.03 Å². The van der Waals surface area contributed by atoms with E-state index in [0.717, 1.165) is 0 Å². The Hall–Kier alpha value is -1.30. The fourth-order valence-corrected chi connectivity index (χ4v) is 2.02. The molecular weight excluding hydrogens is 353 g/mol. The lowest BCUT2D eigenvalue weighted by Gasteiger charge is -2.09. The van der Waals surface area contributed by atoms with Crippen molar-refractivity contribution in [1.82, 2.24) is 4.98 Å². The first-order chi connectivity index (χ1) is 9.06. The van der Waals surface area contributed by atoms with E-state index in [0.29, 0.717) is 26.0 Å². The van der Waals surface area contributed by atoms with E-state index in [1.807, 2.05) is 0 Å². The number of hydrogen-bond donors (Lipinski definition) is 2. The summed E-state index contributed by atoms with van der Waals surface area (Å²) in [6, 6.07) is 7.88. The van der Waals surface area contributed by atoms with E-state index < -0.39 is 6.03 Å². The first-order valence-electron chi connectivity index (χ1n) is 5.20. The summed E-state index contributed by atoms with van der Waals surface area (Å²) < 4.78 is 0.683. The van der Waals surface area contributed by atoms with Crippen molar-refractivity contribution in [3.63, 3.8) is 0 Å². The lowest BCUT2D eigenvalue weighted by Crippen LogP contribution is -2.20. The maximum atomic E-state index is 11.8. The molecule has 0 fully saturated rings. The van der Waals surface area contributed by atoms with Crippen molar-refractivity contribution in [2.45, 2.75) is 0 Å². The summed E-state index contributed by atoms with van der Waals surface area (Å²) in [5.74, 6) is 0.415. The van der Waals surface area contributed by atoms with Crippen LogP contribution in [0.1, 0.15) is 0 Å². The molecule has 0 saturated carbocycles. The van der Waals surface area contributed by atoms with Crippen molar-refractivity contribution in [3.05, 3.63) is 51.0 Å². The molecule has 2 amide bonds. The zero-order valence-corrected chi connectivity index (χ0v) is 12.6. The Balaban J connectivity index is 2.10. The van der Waals surface area contributed by atoms with Crippen LogP contribution in [0.4, 0.5) is 16.3 Å². The highest BCUT2D eigenvalue weighted by Gasteiger charge is 2.08. The molecule has 0 atom stereocenters. The minimum atomic E-state index is -0.455.